The van der Waals surface area contributed by atoms with Crippen LogP contribution in [0.25, 0.3) is 0 Å². The van der Waals surface area contributed by atoms with E-state index in [1.165, 1.54) is 17.0 Å². The zero-order valence-corrected chi connectivity index (χ0v) is 28.6. The van der Waals surface area contributed by atoms with Crippen molar-refractivity contribution in [2.45, 2.75) is 57.1 Å². The minimum absolute atomic E-state index is 0.0560. The second kappa shape index (κ2) is 15.6. The maximum Gasteiger partial charge on any atom is 0.264 e. The summed E-state index contributed by atoms with van der Waals surface area (Å²) in [5.41, 5.74) is 2.84. The number of hydrogen-bond donors (Lipinski definition) is 1. The Balaban J connectivity index is 1.80. The lowest BCUT2D eigenvalue weighted by molar-refractivity contribution is -0.140. The van der Waals surface area contributed by atoms with Gasteiger partial charge in [-0.2, -0.15) is 0 Å². The Bertz CT molecular complexity index is 1700. The molecule has 236 valence electrons. The van der Waals surface area contributed by atoms with Gasteiger partial charge in [0.1, 0.15) is 12.6 Å². The molecule has 0 aliphatic rings. The molecule has 4 rings (SSSR count). The maximum absolute atomic E-state index is 14.5. The fourth-order valence-corrected chi connectivity index (χ4v) is 6.70. The molecule has 0 aromatic heterocycles. The van der Waals surface area contributed by atoms with Gasteiger partial charge in [-0.3, -0.25) is 13.9 Å². The number of nitrogens with zero attached hydrogens (tertiary/aromatic N) is 2. The Hall–Kier alpha value is -3.66. The van der Waals surface area contributed by atoms with Gasteiger partial charge >= 0.3 is 0 Å². The molecule has 1 N–H and O–H groups in total. The smallest absolute Gasteiger partial charge is 0.264 e. The van der Waals surface area contributed by atoms with Gasteiger partial charge in [0.05, 0.1) is 10.6 Å². The highest BCUT2D eigenvalue weighted by molar-refractivity contribution is 9.10. The van der Waals surface area contributed by atoms with Crippen molar-refractivity contribution in [3.05, 3.63) is 129 Å². The van der Waals surface area contributed by atoms with Crippen molar-refractivity contribution < 1.29 is 18.0 Å². The van der Waals surface area contributed by atoms with Gasteiger partial charge in [0, 0.05) is 28.5 Å². The molecule has 45 heavy (non-hydrogen) atoms. The Labute approximate surface area is 279 Å². The molecule has 0 aliphatic heterocycles. The molecule has 0 radical (unpaired) electrons. The van der Waals surface area contributed by atoms with Gasteiger partial charge in [-0.15, -0.1) is 0 Å². The van der Waals surface area contributed by atoms with Crippen LogP contribution in [0.15, 0.2) is 112 Å². The van der Waals surface area contributed by atoms with E-state index in [4.69, 9.17) is 11.6 Å². The van der Waals surface area contributed by atoms with Crippen LogP contribution in [0.1, 0.15) is 37.0 Å². The molecule has 0 spiro atoms. The van der Waals surface area contributed by atoms with Gasteiger partial charge in [-0.25, -0.2) is 8.42 Å². The number of benzene rings is 4. The molecular weight excluding hydrogens is 674 g/mol. The molecule has 4 aromatic carbocycles. The molecule has 0 unspecified atom stereocenters. The predicted molar refractivity (Wildman–Crippen MR) is 184 cm³/mol. The number of halogens is 2. The molecular formula is C35H37BrClN3O4S. The fraction of sp³-hybridized carbons (Fsp3) is 0.257. The monoisotopic (exact) mass is 709 g/mol. The van der Waals surface area contributed by atoms with Crippen molar-refractivity contribution in [3.8, 4) is 0 Å². The molecule has 0 heterocycles. The number of sulfonamides is 1. The highest BCUT2D eigenvalue weighted by Gasteiger charge is 2.35. The van der Waals surface area contributed by atoms with Crippen LogP contribution in [0.4, 0.5) is 5.69 Å². The normalized spacial score (nSPS) is 12.6. The van der Waals surface area contributed by atoms with Gasteiger partial charge in [0.25, 0.3) is 10.0 Å². The van der Waals surface area contributed by atoms with E-state index in [0.29, 0.717) is 21.6 Å². The van der Waals surface area contributed by atoms with Crippen LogP contribution in [0.3, 0.4) is 0 Å². The van der Waals surface area contributed by atoms with E-state index in [1.807, 2.05) is 51.1 Å². The SMILES string of the molecule is CC[C@@H](C)NC(=O)[C@H](Cc1ccccc1)N(Cc1ccc(Cl)cc1)C(=O)CN(c1cccc(Br)c1)S(=O)(=O)c1ccc(C)cc1. The summed E-state index contributed by atoms with van der Waals surface area (Å²) < 4.78 is 30.0. The van der Waals surface area contributed by atoms with E-state index < -0.39 is 28.5 Å². The quantitative estimate of drug-likeness (QED) is 0.160. The number of hydrogen-bond acceptors (Lipinski definition) is 4. The molecule has 0 saturated carbocycles. The Morgan fingerprint density at radius 3 is 2.18 bits per heavy atom. The van der Waals surface area contributed by atoms with E-state index in [2.05, 4.69) is 21.2 Å². The first-order chi connectivity index (χ1) is 21.5. The van der Waals surface area contributed by atoms with E-state index in [9.17, 15) is 18.0 Å². The number of anilines is 1. The number of nitrogens with one attached hydrogen (secondary N) is 1. The molecule has 2 atom stereocenters. The van der Waals surface area contributed by atoms with Crippen LogP contribution in [-0.2, 0) is 32.6 Å². The lowest BCUT2D eigenvalue weighted by Crippen LogP contribution is -2.54. The number of amides is 2. The first-order valence-electron chi connectivity index (χ1n) is 14.7. The van der Waals surface area contributed by atoms with Crippen LogP contribution in [-0.4, -0.2) is 43.8 Å². The second-order valence-corrected chi connectivity index (χ2v) is 14.2. The van der Waals surface area contributed by atoms with E-state index in [0.717, 1.165) is 21.0 Å². The van der Waals surface area contributed by atoms with Crippen molar-refractivity contribution in [2.24, 2.45) is 0 Å². The number of carbonyl (C=O) groups excluding carboxylic acids is 2. The van der Waals surface area contributed by atoms with E-state index in [1.54, 1.807) is 60.7 Å². The largest absolute Gasteiger partial charge is 0.352 e. The lowest BCUT2D eigenvalue weighted by Gasteiger charge is -2.34. The summed E-state index contributed by atoms with van der Waals surface area (Å²) in [5.74, 6) is -0.841. The van der Waals surface area contributed by atoms with Gasteiger partial charge < -0.3 is 10.2 Å². The second-order valence-electron chi connectivity index (χ2n) is 11.0. The molecule has 4 aromatic rings. The fourth-order valence-electron chi connectivity index (χ4n) is 4.78. The van der Waals surface area contributed by atoms with Crippen molar-refractivity contribution in [1.82, 2.24) is 10.2 Å². The van der Waals surface area contributed by atoms with Crippen LogP contribution in [0.5, 0.6) is 0 Å². The highest BCUT2D eigenvalue weighted by atomic mass is 79.9. The minimum atomic E-state index is -4.18. The molecule has 0 aliphatic carbocycles. The van der Waals surface area contributed by atoms with Crippen LogP contribution in [0.2, 0.25) is 5.02 Å². The highest BCUT2D eigenvalue weighted by Crippen LogP contribution is 2.28. The molecule has 10 heteroatoms. The molecule has 0 saturated heterocycles. The third-order valence-corrected chi connectivity index (χ3v) is 10.1. The zero-order valence-electron chi connectivity index (χ0n) is 25.5. The summed E-state index contributed by atoms with van der Waals surface area (Å²) in [5, 5.41) is 3.58. The summed E-state index contributed by atoms with van der Waals surface area (Å²) in [7, 11) is -4.18. The van der Waals surface area contributed by atoms with E-state index >= 15 is 0 Å². The van der Waals surface area contributed by atoms with E-state index in [-0.39, 0.29) is 29.8 Å². The molecule has 2 amide bonds. The van der Waals surface area contributed by atoms with Gasteiger partial charge in [0.15, 0.2) is 0 Å². The summed E-state index contributed by atoms with van der Waals surface area (Å²) in [6, 6.07) is 28.8. The molecule has 7 nitrogen and oxygen atoms in total. The zero-order chi connectivity index (χ0) is 32.6. The Kier molecular flexibility index (Phi) is 11.8. The van der Waals surface area contributed by atoms with Gasteiger partial charge in [-0.1, -0.05) is 101 Å². The Morgan fingerprint density at radius 2 is 1.56 bits per heavy atom. The average molecular weight is 711 g/mol. The average Bonchev–Trinajstić information content (AvgIpc) is 3.02. The number of carbonyl (C=O) groups is 2. The molecule has 0 fully saturated rings. The summed E-state index contributed by atoms with van der Waals surface area (Å²) in [6.45, 7) is 5.30. The Morgan fingerprint density at radius 1 is 0.889 bits per heavy atom. The third-order valence-electron chi connectivity index (χ3n) is 7.52. The summed E-state index contributed by atoms with van der Waals surface area (Å²) in [6.07, 6.45) is 0.949. The number of aryl methyl sites for hydroxylation is 1. The van der Waals surface area contributed by atoms with Crippen molar-refractivity contribution in [1.29, 1.82) is 0 Å². The van der Waals surface area contributed by atoms with Crippen LogP contribution in [0, 0.1) is 6.92 Å². The van der Waals surface area contributed by atoms with Crippen molar-refractivity contribution in [3.63, 3.8) is 0 Å². The van der Waals surface area contributed by atoms with Crippen molar-refractivity contribution >= 4 is 55.1 Å². The standard InChI is InChI=1S/C35H37BrClN3O4S/c1-4-26(3)38-35(42)33(21-27-9-6-5-7-10-27)39(23-28-15-17-30(37)18-16-28)34(41)24-40(31-12-8-11-29(36)22-31)45(43,44)32-19-13-25(2)14-20-32/h5-20,22,26,33H,4,21,23-24H2,1-3H3,(H,38,42)/t26-,33+/m1/s1. The number of rotatable bonds is 13. The predicted octanol–water partition coefficient (Wildman–Crippen LogP) is 7.16. The topological polar surface area (TPSA) is 86.8 Å². The van der Waals surface area contributed by atoms with Gasteiger partial charge in [-0.05, 0) is 73.9 Å². The van der Waals surface area contributed by atoms with Crippen molar-refractivity contribution in [2.75, 3.05) is 10.8 Å². The summed E-state index contributed by atoms with van der Waals surface area (Å²) >= 11 is 9.59. The third kappa shape index (κ3) is 9.19. The van der Waals surface area contributed by atoms with Gasteiger partial charge in [0.2, 0.25) is 11.8 Å². The minimum Gasteiger partial charge on any atom is -0.352 e. The first kappa shape index (κ1) is 34.2. The van der Waals surface area contributed by atoms with Crippen LogP contribution < -0.4 is 9.62 Å². The summed E-state index contributed by atoms with van der Waals surface area (Å²) in [4.78, 5) is 29.9. The lowest BCUT2D eigenvalue weighted by atomic mass is 10.0. The first-order valence-corrected chi connectivity index (χ1v) is 17.3. The maximum atomic E-state index is 14.5. The van der Waals surface area contributed by atoms with Crippen LogP contribution >= 0.6 is 27.5 Å². The molecule has 0 bridgehead atoms.